The van der Waals surface area contributed by atoms with Crippen molar-refractivity contribution in [3.8, 4) is 0 Å². The molecule has 4 N–H and O–H groups in total. The van der Waals surface area contributed by atoms with Crippen molar-refractivity contribution >= 4 is 27.5 Å². The van der Waals surface area contributed by atoms with Crippen LogP contribution in [0.3, 0.4) is 0 Å². The molecule has 1 rings (SSSR count). The average Bonchev–Trinajstić information content (AvgIpc) is 2.24. The van der Waals surface area contributed by atoms with Gasteiger partial charge in [0.25, 0.3) is 0 Å². The maximum atomic E-state index is 9.11. The number of halogens is 1. The second-order valence-electron chi connectivity index (χ2n) is 4.09. The fraction of sp³-hybridized carbons (Fsp3) is 0.417. The smallest absolute Gasteiger partial charge is 0.124 e. The van der Waals surface area contributed by atoms with E-state index in [-0.39, 0.29) is 18.5 Å². The van der Waals surface area contributed by atoms with E-state index in [9.17, 15) is 0 Å². The first-order valence-corrected chi connectivity index (χ1v) is 6.28. The van der Waals surface area contributed by atoms with Crippen LogP contribution in [0.15, 0.2) is 22.7 Å². The Hall–Kier alpha value is -1.07. The number of aliphatic hydroxyl groups is 1. The van der Waals surface area contributed by atoms with Crippen LogP contribution >= 0.6 is 15.9 Å². The van der Waals surface area contributed by atoms with Crippen LogP contribution in [-0.4, -0.2) is 30.1 Å². The van der Waals surface area contributed by atoms with Crippen molar-refractivity contribution in [1.82, 2.24) is 0 Å². The predicted octanol–water partition coefficient (Wildman–Crippen LogP) is 1.94. The van der Waals surface area contributed by atoms with E-state index >= 15 is 0 Å². The molecule has 0 unspecified atom stereocenters. The molecule has 0 spiro atoms. The molecule has 1 aromatic rings. The minimum absolute atomic E-state index is 0.0380. The van der Waals surface area contributed by atoms with Crippen LogP contribution in [0.2, 0.25) is 0 Å². The molecule has 0 aliphatic rings. The zero-order valence-corrected chi connectivity index (χ0v) is 11.7. The summed E-state index contributed by atoms with van der Waals surface area (Å²) in [5.41, 5.74) is 7.14. The van der Waals surface area contributed by atoms with E-state index in [0.29, 0.717) is 12.1 Å². The molecule has 17 heavy (non-hydrogen) atoms. The largest absolute Gasteiger partial charge is 0.395 e. The molecule has 0 aliphatic carbocycles. The predicted molar refractivity (Wildman–Crippen MR) is 74.7 cm³/mol. The van der Waals surface area contributed by atoms with E-state index in [1.807, 2.05) is 36.9 Å². The van der Waals surface area contributed by atoms with Gasteiger partial charge in [-0.1, -0.05) is 15.9 Å². The number of nitrogens with one attached hydrogen (secondary N) is 1. The molecular formula is C12H18BrN3O. The second-order valence-corrected chi connectivity index (χ2v) is 5.00. The Morgan fingerprint density at radius 2 is 2.18 bits per heavy atom. The molecule has 1 aromatic carbocycles. The minimum Gasteiger partial charge on any atom is -0.395 e. The van der Waals surface area contributed by atoms with Gasteiger partial charge in [0.05, 0.1) is 6.61 Å². The maximum Gasteiger partial charge on any atom is 0.124 e. The van der Waals surface area contributed by atoms with Gasteiger partial charge in [-0.05, 0) is 32.0 Å². The van der Waals surface area contributed by atoms with Crippen molar-refractivity contribution in [2.45, 2.75) is 19.9 Å². The Kier molecular flexibility index (Phi) is 4.96. The lowest BCUT2D eigenvalue weighted by Crippen LogP contribution is -2.35. The van der Waals surface area contributed by atoms with Crippen molar-refractivity contribution < 1.29 is 5.11 Å². The Balaban J connectivity index is 3.24. The quantitative estimate of drug-likeness (QED) is 0.575. The van der Waals surface area contributed by atoms with Crippen molar-refractivity contribution in [3.63, 3.8) is 0 Å². The fourth-order valence-corrected chi connectivity index (χ4v) is 2.08. The van der Waals surface area contributed by atoms with Gasteiger partial charge in [0.1, 0.15) is 5.84 Å². The van der Waals surface area contributed by atoms with Gasteiger partial charge >= 0.3 is 0 Å². The third kappa shape index (κ3) is 3.44. The summed E-state index contributed by atoms with van der Waals surface area (Å²) in [5.74, 6) is 0.0380. The van der Waals surface area contributed by atoms with Crippen LogP contribution in [0.5, 0.6) is 0 Å². The van der Waals surface area contributed by atoms with Crippen LogP contribution in [0, 0.1) is 5.41 Å². The molecule has 0 fully saturated rings. The lowest BCUT2D eigenvalue weighted by atomic mass is 10.1. The van der Waals surface area contributed by atoms with Gasteiger partial charge in [-0.25, -0.2) is 0 Å². The molecule has 0 amide bonds. The van der Waals surface area contributed by atoms with E-state index in [2.05, 4.69) is 15.9 Å². The molecule has 0 aliphatic heterocycles. The van der Waals surface area contributed by atoms with Gasteiger partial charge in [-0.15, -0.1) is 0 Å². The summed E-state index contributed by atoms with van der Waals surface area (Å²) in [6.07, 6.45) is 0. The summed E-state index contributed by atoms with van der Waals surface area (Å²) < 4.78 is 0.932. The SMILES string of the molecule is CC(C)N(CCO)c1cc(Br)ccc1C(=N)N. The first-order valence-electron chi connectivity index (χ1n) is 5.48. The highest BCUT2D eigenvalue weighted by Gasteiger charge is 2.15. The molecule has 0 saturated heterocycles. The van der Waals surface area contributed by atoms with Crippen molar-refractivity contribution in [2.75, 3.05) is 18.1 Å². The topological polar surface area (TPSA) is 73.3 Å². The number of nitrogen functional groups attached to an aromatic ring is 1. The zero-order chi connectivity index (χ0) is 13.0. The Labute approximate surface area is 110 Å². The van der Waals surface area contributed by atoms with E-state index in [4.69, 9.17) is 16.2 Å². The summed E-state index contributed by atoms with van der Waals surface area (Å²) in [4.78, 5) is 2.03. The van der Waals surface area contributed by atoms with Crippen molar-refractivity contribution in [3.05, 3.63) is 28.2 Å². The molecule has 0 atom stereocenters. The van der Waals surface area contributed by atoms with E-state index < -0.39 is 0 Å². The number of anilines is 1. The average molecular weight is 300 g/mol. The number of rotatable bonds is 5. The summed E-state index contributed by atoms with van der Waals surface area (Å²) in [5, 5.41) is 16.7. The highest BCUT2D eigenvalue weighted by molar-refractivity contribution is 9.10. The van der Waals surface area contributed by atoms with Crippen molar-refractivity contribution in [2.24, 2.45) is 5.73 Å². The Morgan fingerprint density at radius 3 is 2.65 bits per heavy atom. The lowest BCUT2D eigenvalue weighted by molar-refractivity contribution is 0.299. The van der Waals surface area contributed by atoms with Crippen LogP contribution in [0.4, 0.5) is 5.69 Å². The first kappa shape index (κ1) is 14.0. The number of nitrogens with two attached hydrogens (primary N) is 1. The van der Waals surface area contributed by atoms with Crippen LogP contribution in [-0.2, 0) is 0 Å². The number of nitrogens with zero attached hydrogens (tertiary/aromatic N) is 1. The molecule has 0 bridgehead atoms. The second kappa shape index (κ2) is 6.02. The van der Waals surface area contributed by atoms with Crippen molar-refractivity contribution in [1.29, 1.82) is 5.41 Å². The van der Waals surface area contributed by atoms with Gasteiger partial charge in [-0.3, -0.25) is 5.41 Å². The Bertz CT molecular complexity index is 407. The van der Waals surface area contributed by atoms with Gasteiger partial charge in [0.2, 0.25) is 0 Å². The fourth-order valence-electron chi connectivity index (χ4n) is 1.73. The summed E-state index contributed by atoms with van der Waals surface area (Å²) >= 11 is 3.41. The lowest BCUT2D eigenvalue weighted by Gasteiger charge is -2.30. The van der Waals surface area contributed by atoms with Crippen LogP contribution in [0.25, 0.3) is 0 Å². The summed E-state index contributed by atoms with van der Waals surface area (Å²) in [7, 11) is 0. The number of hydrogen-bond acceptors (Lipinski definition) is 3. The molecule has 0 saturated carbocycles. The highest BCUT2D eigenvalue weighted by atomic mass is 79.9. The Morgan fingerprint density at radius 1 is 1.53 bits per heavy atom. The van der Waals surface area contributed by atoms with Gasteiger partial charge in [-0.2, -0.15) is 0 Å². The molecule has 5 heteroatoms. The van der Waals surface area contributed by atoms with E-state index in [1.54, 1.807) is 0 Å². The van der Waals surface area contributed by atoms with Gasteiger partial charge in [0.15, 0.2) is 0 Å². The summed E-state index contributed by atoms with van der Waals surface area (Å²) in [6, 6.07) is 5.83. The molecule has 0 heterocycles. The molecular weight excluding hydrogens is 282 g/mol. The number of benzene rings is 1. The van der Waals surface area contributed by atoms with Gasteiger partial charge < -0.3 is 15.7 Å². The number of amidine groups is 1. The molecule has 4 nitrogen and oxygen atoms in total. The summed E-state index contributed by atoms with van der Waals surface area (Å²) in [6.45, 7) is 4.68. The first-order chi connectivity index (χ1) is 7.97. The minimum atomic E-state index is 0.0380. The maximum absolute atomic E-state index is 9.11. The van der Waals surface area contributed by atoms with E-state index in [1.165, 1.54) is 0 Å². The number of hydrogen-bond donors (Lipinski definition) is 3. The normalized spacial score (nSPS) is 10.6. The third-order valence-electron chi connectivity index (χ3n) is 2.52. The zero-order valence-electron chi connectivity index (χ0n) is 10.1. The molecule has 0 aromatic heterocycles. The van der Waals surface area contributed by atoms with Crippen LogP contribution in [0.1, 0.15) is 19.4 Å². The van der Waals surface area contributed by atoms with Gasteiger partial charge in [0, 0.05) is 28.3 Å². The number of aliphatic hydroxyl groups excluding tert-OH is 1. The molecule has 94 valence electrons. The van der Waals surface area contributed by atoms with E-state index in [0.717, 1.165) is 10.2 Å². The standard InChI is InChI=1S/C12H18BrN3O/c1-8(2)16(5-6-17)11-7-9(13)3-4-10(11)12(14)15/h3-4,7-8,17H,5-6H2,1-2H3,(H3,14,15). The van der Waals surface area contributed by atoms with Crippen LogP contribution < -0.4 is 10.6 Å². The monoisotopic (exact) mass is 299 g/mol. The molecule has 0 radical (unpaired) electrons. The highest BCUT2D eigenvalue weighted by Crippen LogP contribution is 2.26. The third-order valence-corrected chi connectivity index (χ3v) is 3.02.